The molecule has 2 aromatic rings. The third-order valence-corrected chi connectivity index (χ3v) is 7.18. The minimum atomic E-state index is -3.50. The van der Waals surface area contributed by atoms with Crippen LogP contribution in [0.15, 0.2) is 40.4 Å². The van der Waals surface area contributed by atoms with Gasteiger partial charge in [-0.15, -0.1) is 35.3 Å². The van der Waals surface area contributed by atoms with Crippen LogP contribution in [0.1, 0.15) is 29.3 Å². The van der Waals surface area contributed by atoms with E-state index in [-0.39, 0.29) is 35.4 Å². The standard InChI is InChI=1S/C19H29N5O2S2.HI/c1-5-16-14-22-18(27-16)11-12-21-19(20-6-2)23-13-15-9-7-8-10-17(15)28(25,26)24(3)4;/h7-10,14H,5-6,11-13H2,1-4H3,(H2,20,21,23);1H. The zero-order chi connectivity index (χ0) is 20.6. The van der Waals surface area contributed by atoms with E-state index in [1.54, 1.807) is 29.5 Å². The lowest BCUT2D eigenvalue weighted by Gasteiger charge is -2.15. The molecule has 0 amide bonds. The second-order valence-corrected chi connectivity index (χ2v) is 9.66. The van der Waals surface area contributed by atoms with Crippen LogP contribution in [-0.4, -0.2) is 50.9 Å². The first kappa shape index (κ1) is 25.8. The maximum absolute atomic E-state index is 12.5. The van der Waals surface area contributed by atoms with Crippen molar-refractivity contribution in [2.45, 2.75) is 38.1 Å². The fraction of sp³-hybridized carbons (Fsp3) is 0.474. The van der Waals surface area contributed by atoms with Crippen LogP contribution >= 0.6 is 35.3 Å². The van der Waals surface area contributed by atoms with Crippen molar-refractivity contribution in [3.8, 4) is 0 Å². The van der Waals surface area contributed by atoms with Gasteiger partial charge in [-0.05, 0) is 25.0 Å². The zero-order valence-corrected chi connectivity index (χ0v) is 21.3. The summed E-state index contributed by atoms with van der Waals surface area (Å²) in [4.78, 5) is 10.6. The second kappa shape index (κ2) is 12.5. The molecule has 2 N–H and O–H groups in total. The minimum absolute atomic E-state index is 0. The molecule has 0 unspecified atom stereocenters. The number of benzene rings is 1. The summed E-state index contributed by atoms with van der Waals surface area (Å²) in [6.45, 7) is 5.83. The summed E-state index contributed by atoms with van der Waals surface area (Å²) in [6.07, 6.45) is 3.76. The van der Waals surface area contributed by atoms with E-state index < -0.39 is 10.0 Å². The molecule has 0 radical (unpaired) electrons. The topological polar surface area (TPSA) is 86.7 Å². The minimum Gasteiger partial charge on any atom is -0.357 e. The molecule has 0 spiro atoms. The summed E-state index contributed by atoms with van der Waals surface area (Å²) in [5, 5.41) is 7.59. The Kier molecular flexibility index (Phi) is 11.1. The van der Waals surface area contributed by atoms with Crippen LogP contribution in [0.2, 0.25) is 0 Å². The average Bonchev–Trinajstić information content (AvgIpc) is 3.14. The van der Waals surface area contributed by atoms with Crippen molar-refractivity contribution in [1.29, 1.82) is 0 Å². The molecule has 1 heterocycles. The van der Waals surface area contributed by atoms with Crippen molar-refractivity contribution in [2.24, 2.45) is 4.99 Å². The van der Waals surface area contributed by atoms with Gasteiger partial charge in [-0.2, -0.15) is 0 Å². The van der Waals surface area contributed by atoms with E-state index in [4.69, 9.17) is 0 Å². The van der Waals surface area contributed by atoms with Gasteiger partial charge in [0.25, 0.3) is 0 Å². The largest absolute Gasteiger partial charge is 0.357 e. The smallest absolute Gasteiger partial charge is 0.242 e. The number of halogens is 1. The molecule has 1 aromatic carbocycles. The molecular formula is C19H30IN5O2S2. The van der Waals surface area contributed by atoms with Gasteiger partial charge < -0.3 is 10.6 Å². The number of sulfonamides is 1. The van der Waals surface area contributed by atoms with Gasteiger partial charge in [0.15, 0.2) is 5.96 Å². The quantitative estimate of drug-likeness (QED) is 0.285. The van der Waals surface area contributed by atoms with Crippen molar-refractivity contribution in [3.63, 3.8) is 0 Å². The Bertz CT molecular complexity index is 898. The molecule has 10 heteroatoms. The highest BCUT2D eigenvalue weighted by molar-refractivity contribution is 14.0. The first-order chi connectivity index (χ1) is 13.4. The molecule has 0 saturated heterocycles. The molecule has 0 aliphatic heterocycles. The number of hydrogen-bond acceptors (Lipinski definition) is 5. The summed E-state index contributed by atoms with van der Waals surface area (Å²) in [5.74, 6) is 0.659. The Morgan fingerprint density at radius 2 is 1.93 bits per heavy atom. The molecule has 0 fully saturated rings. The van der Waals surface area contributed by atoms with E-state index in [1.165, 1.54) is 23.3 Å². The molecular weight excluding hydrogens is 521 g/mol. The van der Waals surface area contributed by atoms with Crippen molar-refractivity contribution >= 4 is 51.3 Å². The zero-order valence-electron chi connectivity index (χ0n) is 17.3. The van der Waals surface area contributed by atoms with Crippen LogP contribution in [0.3, 0.4) is 0 Å². The van der Waals surface area contributed by atoms with Gasteiger partial charge in [0.1, 0.15) is 0 Å². The Morgan fingerprint density at radius 3 is 2.55 bits per heavy atom. The summed E-state index contributed by atoms with van der Waals surface area (Å²) >= 11 is 1.73. The predicted octanol–water partition coefficient (Wildman–Crippen LogP) is 2.87. The highest BCUT2D eigenvalue weighted by Gasteiger charge is 2.20. The molecule has 2 rings (SSSR count). The summed E-state index contributed by atoms with van der Waals surface area (Å²) in [6, 6.07) is 6.97. The van der Waals surface area contributed by atoms with Crippen LogP contribution in [-0.2, 0) is 29.4 Å². The third kappa shape index (κ3) is 7.50. The molecule has 1 aromatic heterocycles. The fourth-order valence-corrected chi connectivity index (χ4v) is 4.47. The maximum atomic E-state index is 12.5. The fourth-order valence-electron chi connectivity index (χ4n) is 2.50. The van der Waals surface area contributed by atoms with Gasteiger partial charge in [-0.1, -0.05) is 25.1 Å². The summed E-state index contributed by atoms with van der Waals surface area (Å²) in [7, 11) is -0.442. The number of guanidine groups is 1. The lowest BCUT2D eigenvalue weighted by molar-refractivity contribution is 0.519. The molecule has 0 saturated carbocycles. The van der Waals surface area contributed by atoms with E-state index >= 15 is 0 Å². The van der Waals surface area contributed by atoms with Gasteiger partial charge in [0, 0.05) is 44.7 Å². The van der Waals surface area contributed by atoms with Crippen molar-refractivity contribution in [3.05, 3.63) is 45.9 Å². The van der Waals surface area contributed by atoms with Gasteiger partial charge in [-0.25, -0.2) is 22.7 Å². The molecule has 0 aliphatic carbocycles. The number of aryl methyl sites for hydroxylation is 1. The van der Waals surface area contributed by atoms with Gasteiger partial charge in [0.2, 0.25) is 10.0 Å². The van der Waals surface area contributed by atoms with Crippen LogP contribution in [0.5, 0.6) is 0 Å². The Labute approximate surface area is 195 Å². The van der Waals surface area contributed by atoms with Gasteiger partial charge in [0.05, 0.1) is 16.4 Å². The number of nitrogens with zero attached hydrogens (tertiary/aromatic N) is 3. The number of hydrogen-bond donors (Lipinski definition) is 2. The van der Waals surface area contributed by atoms with Crippen LogP contribution in [0.25, 0.3) is 0 Å². The highest BCUT2D eigenvalue weighted by Crippen LogP contribution is 2.19. The number of aromatic nitrogens is 1. The van der Waals surface area contributed by atoms with Crippen LogP contribution in [0.4, 0.5) is 0 Å². The average molecular weight is 552 g/mol. The predicted molar refractivity (Wildman–Crippen MR) is 131 cm³/mol. The highest BCUT2D eigenvalue weighted by atomic mass is 127. The Balaban J connectivity index is 0.00000420. The van der Waals surface area contributed by atoms with E-state index in [9.17, 15) is 8.42 Å². The Morgan fingerprint density at radius 1 is 1.21 bits per heavy atom. The van der Waals surface area contributed by atoms with E-state index in [2.05, 4.69) is 27.5 Å². The normalized spacial score (nSPS) is 12.0. The number of nitrogens with one attached hydrogen (secondary N) is 2. The SMILES string of the molecule is CCNC(=NCc1ccccc1S(=O)(=O)N(C)C)NCCc1ncc(CC)s1.I. The molecule has 162 valence electrons. The van der Waals surface area contributed by atoms with Gasteiger partial charge >= 0.3 is 0 Å². The monoisotopic (exact) mass is 551 g/mol. The van der Waals surface area contributed by atoms with Crippen molar-refractivity contribution < 1.29 is 8.42 Å². The van der Waals surface area contributed by atoms with Gasteiger partial charge in [-0.3, -0.25) is 0 Å². The lowest BCUT2D eigenvalue weighted by atomic mass is 10.2. The van der Waals surface area contributed by atoms with E-state index in [0.717, 1.165) is 24.4 Å². The van der Waals surface area contributed by atoms with E-state index in [1.807, 2.05) is 19.2 Å². The number of aliphatic imine (C=N–C) groups is 1. The first-order valence-corrected chi connectivity index (χ1v) is 11.6. The molecule has 0 atom stereocenters. The first-order valence-electron chi connectivity index (χ1n) is 9.34. The number of rotatable bonds is 9. The van der Waals surface area contributed by atoms with Crippen LogP contribution in [0, 0.1) is 0 Å². The second-order valence-electron chi connectivity index (χ2n) is 6.34. The molecule has 0 aliphatic rings. The number of thiazole rings is 1. The lowest BCUT2D eigenvalue weighted by Crippen LogP contribution is -2.38. The Hall–Kier alpha value is -1.24. The molecule has 7 nitrogen and oxygen atoms in total. The molecule has 29 heavy (non-hydrogen) atoms. The maximum Gasteiger partial charge on any atom is 0.242 e. The summed E-state index contributed by atoms with van der Waals surface area (Å²) < 4.78 is 26.3. The molecule has 0 bridgehead atoms. The van der Waals surface area contributed by atoms with E-state index in [0.29, 0.717) is 18.1 Å². The van der Waals surface area contributed by atoms with Crippen molar-refractivity contribution in [2.75, 3.05) is 27.2 Å². The third-order valence-electron chi connectivity index (χ3n) is 4.06. The van der Waals surface area contributed by atoms with Crippen LogP contribution < -0.4 is 10.6 Å². The summed E-state index contributed by atoms with van der Waals surface area (Å²) in [5.41, 5.74) is 0.668. The van der Waals surface area contributed by atoms with Crippen molar-refractivity contribution in [1.82, 2.24) is 19.9 Å².